The molecule has 14 nitrogen and oxygen atoms in total. The van der Waals surface area contributed by atoms with Crippen molar-refractivity contribution in [1.82, 2.24) is 10.2 Å². The summed E-state index contributed by atoms with van der Waals surface area (Å²) in [5.41, 5.74) is 3.21. The first-order chi connectivity index (χ1) is 26.2. The summed E-state index contributed by atoms with van der Waals surface area (Å²) in [7, 11) is -8.50. The van der Waals surface area contributed by atoms with Gasteiger partial charge in [0.15, 0.2) is 5.71 Å². The van der Waals surface area contributed by atoms with E-state index in [9.17, 15) is 40.3 Å². The van der Waals surface area contributed by atoms with E-state index in [1.54, 1.807) is 6.07 Å². The number of pyridine rings is 1. The number of aromatic nitrogens is 1. The van der Waals surface area contributed by atoms with Gasteiger partial charge in [-0.1, -0.05) is 38.5 Å². The summed E-state index contributed by atoms with van der Waals surface area (Å²) in [5, 5.41) is 2.76. The van der Waals surface area contributed by atoms with Crippen LogP contribution < -0.4 is 14.8 Å². The number of benzene rings is 1. The Morgan fingerprint density at radius 1 is 0.893 bits per heavy atom. The third-order valence-corrected chi connectivity index (χ3v) is 12.2. The number of fused-ring (bicyclic) bond motifs is 2. The maximum absolute atomic E-state index is 12.4. The highest BCUT2D eigenvalue weighted by molar-refractivity contribution is 9.10. The average Bonchev–Trinajstić information content (AvgIpc) is 3.64. The molecular formula is C39H47BrN5O9S2+. The van der Waals surface area contributed by atoms with Gasteiger partial charge in [0, 0.05) is 61.4 Å². The largest absolute Gasteiger partial charge is 0.354 e. The van der Waals surface area contributed by atoms with Gasteiger partial charge in [0.1, 0.15) is 6.20 Å². The number of aliphatic imine (C=N–C) groups is 1. The number of aryl methyl sites for hydroxylation is 1. The molecule has 0 saturated carbocycles. The van der Waals surface area contributed by atoms with Crippen LogP contribution in [0.25, 0.3) is 0 Å². The van der Waals surface area contributed by atoms with Crippen molar-refractivity contribution in [2.75, 3.05) is 30.3 Å². The highest BCUT2D eigenvalue weighted by Crippen LogP contribution is 2.48. The van der Waals surface area contributed by atoms with Crippen LogP contribution in [0.1, 0.15) is 70.9 Å². The number of hydrogen-bond acceptors (Lipinski definition) is 9. The first-order valence-corrected chi connectivity index (χ1v) is 22.1. The fourth-order valence-corrected chi connectivity index (χ4v) is 8.58. The van der Waals surface area contributed by atoms with E-state index in [4.69, 9.17) is 4.99 Å². The summed E-state index contributed by atoms with van der Waals surface area (Å²) in [5.74, 6) is -0.580. The van der Waals surface area contributed by atoms with Gasteiger partial charge < -0.3 is 10.2 Å². The number of imide groups is 1. The third-order valence-electron chi connectivity index (χ3n) is 10.2. The molecule has 56 heavy (non-hydrogen) atoms. The van der Waals surface area contributed by atoms with E-state index in [0.717, 1.165) is 56.3 Å². The Morgan fingerprint density at radius 2 is 1.61 bits per heavy atom. The molecule has 5 rings (SSSR count). The summed E-state index contributed by atoms with van der Waals surface area (Å²) in [6.45, 7) is 9.35. The predicted molar refractivity (Wildman–Crippen MR) is 216 cm³/mol. The molecule has 3 aliphatic heterocycles. The van der Waals surface area contributed by atoms with Gasteiger partial charge in [-0.05, 0) is 89.6 Å². The van der Waals surface area contributed by atoms with Crippen LogP contribution in [0.15, 0.2) is 93.1 Å². The molecule has 1 aromatic carbocycles. The lowest BCUT2D eigenvalue weighted by Crippen LogP contribution is -2.38. The van der Waals surface area contributed by atoms with Crippen LogP contribution in [-0.2, 0) is 52.0 Å². The molecule has 0 fully saturated rings. The van der Waals surface area contributed by atoms with E-state index in [1.807, 2.05) is 61.1 Å². The van der Waals surface area contributed by atoms with Crippen LogP contribution in [0.5, 0.6) is 0 Å². The fraction of sp³-hybridized carbons (Fsp3) is 0.410. The summed E-state index contributed by atoms with van der Waals surface area (Å²) in [4.78, 5) is 43.7. The minimum Gasteiger partial charge on any atom is -0.354 e. The quantitative estimate of drug-likeness (QED) is 0.0639. The zero-order valence-electron chi connectivity index (χ0n) is 31.7. The van der Waals surface area contributed by atoms with Gasteiger partial charge in [0.2, 0.25) is 5.91 Å². The Bertz CT molecular complexity index is 2280. The Hall–Kier alpha value is -4.29. The predicted octanol–water partition coefficient (Wildman–Crippen LogP) is 5.02. The molecule has 4 heterocycles. The number of rotatable bonds is 17. The molecule has 0 aliphatic carbocycles. The van der Waals surface area contributed by atoms with Crippen molar-refractivity contribution in [3.8, 4) is 0 Å². The van der Waals surface area contributed by atoms with Crippen LogP contribution >= 0.6 is 15.9 Å². The SMILES string of the molecule is CC1(C)C(=CC=CC=CC2=Nc3c(cc(Br)c[n+]3CCCS(=O)(=O)O)C2(C)C)N(CCCCCC(=O)NCCN2C(=O)C=CC2=O)c2ccc(S(=O)(=O)O)cc21. The highest BCUT2D eigenvalue weighted by atomic mass is 79.9. The molecule has 0 unspecified atom stereocenters. The minimum absolute atomic E-state index is 0.113. The van der Waals surface area contributed by atoms with Gasteiger partial charge in [-0.15, -0.1) is 0 Å². The number of nitrogens with one attached hydrogen (secondary N) is 1. The molecule has 3 N–H and O–H groups in total. The van der Waals surface area contributed by atoms with Crippen molar-refractivity contribution in [2.24, 2.45) is 4.99 Å². The molecular weight excluding hydrogens is 826 g/mol. The Labute approximate surface area is 336 Å². The molecule has 0 radical (unpaired) electrons. The number of hydrogen-bond donors (Lipinski definition) is 3. The number of amides is 3. The molecule has 1 aromatic heterocycles. The first kappa shape index (κ1) is 42.8. The van der Waals surface area contributed by atoms with Gasteiger partial charge in [0.25, 0.3) is 32.1 Å². The van der Waals surface area contributed by atoms with E-state index in [1.165, 1.54) is 24.3 Å². The number of allylic oxidation sites excluding steroid dienone is 6. The molecule has 0 spiro atoms. The molecule has 17 heteroatoms. The normalized spacial score (nSPS) is 18.1. The molecule has 2 aromatic rings. The van der Waals surface area contributed by atoms with Crippen molar-refractivity contribution in [1.29, 1.82) is 0 Å². The fourth-order valence-electron chi connectivity index (χ4n) is 7.11. The van der Waals surface area contributed by atoms with E-state index >= 15 is 0 Å². The highest BCUT2D eigenvalue weighted by Gasteiger charge is 2.43. The van der Waals surface area contributed by atoms with Crippen LogP contribution in [0.3, 0.4) is 0 Å². The van der Waals surface area contributed by atoms with Crippen LogP contribution in [-0.4, -0.2) is 79.7 Å². The number of carbonyl (C=O) groups excluding carboxylic acids is 3. The van der Waals surface area contributed by atoms with Gasteiger partial charge >= 0.3 is 5.82 Å². The maximum Gasteiger partial charge on any atom is 0.327 e. The topological polar surface area (TPSA) is 195 Å². The smallest absolute Gasteiger partial charge is 0.327 e. The molecule has 3 aliphatic rings. The lowest BCUT2D eigenvalue weighted by Gasteiger charge is -2.27. The van der Waals surface area contributed by atoms with Crippen molar-refractivity contribution in [3.63, 3.8) is 0 Å². The van der Waals surface area contributed by atoms with Gasteiger partial charge in [-0.2, -0.15) is 16.8 Å². The van der Waals surface area contributed by atoms with Gasteiger partial charge in [0.05, 0.1) is 32.6 Å². The molecule has 0 atom stereocenters. The van der Waals surface area contributed by atoms with Gasteiger partial charge in [-0.3, -0.25) is 28.4 Å². The third kappa shape index (κ3) is 9.98. The molecule has 0 bridgehead atoms. The number of carbonyl (C=O) groups is 3. The maximum atomic E-state index is 12.4. The van der Waals surface area contributed by atoms with Crippen molar-refractivity contribution < 1.29 is 44.9 Å². The summed E-state index contributed by atoms with van der Waals surface area (Å²) in [6.07, 6.45) is 16.4. The Morgan fingerprint density at radius 3 is 2.29 bits per heavy atom. The second kappa shape index (κ2) is 17.1. The van der Waals surface area contributed by atoms with Crippen LogP contribution in [0.2, 0.25) is 0 Å². The van der Waals surface area contributed by atoms with Gasteiger partial charge in [-0.25, -0.2) is 4.57 Å². The summed E-state index contributed by atoms with van der Waals surface area (Å²) in [6, 6.07) is 6.60. The molecule has 300 valence electrons. The zero-order valence-corrected chi connectivity index (χ0v) is 35.0. The van der Waals surface area contributed by atoms with Crippen molar-refractivity contribution in [3.05, 3.63) is 94.3 Å². The lowest BCUT2D eigenvalue weighted by atomic mass is 9.82. The average molecular weight is 874 g/mol. The lowest BCUT2D eigenvalue weighted by molar-refractivity contribution is -0.684. The number of halogens is 1. The molecule has 0 saturated heterocycles. The van der Waals surface area contributed by atoms with Crippen molar-refractivity contribution in [2.45, 2.75) is 82.1 Å². The minimum atomic E-state index is -4.42. The Kier molecular flexibility index (Phi) is 13.1. The van der Waals surface area contributed by atoms with E-state index in [2.05, 4.69) is 40.0 Å². The molecule has 3 amide bonds. The summed E-state index contributed by atoms with van der Waals surface area (Å²) < 4.78 is 68.4. The van der Waals surface area contributed by atoms with E-state index in [0.29, 0.717) is 19.5 Å². The second-order valence-electron chi connectivity index (χ2n) is 14.9. The summed E-state index contributed by atoms with van der Waals surface area (Å²) >= 11 is 3.55. The number of anilines is 1. The zero-order chi connectivity index (χ0) is 41.1. The van der Waals surface area contributed by atoms with Crippen LogP contribution in [0, 0.1) is 0 Å². The van der Waals surface area contributed by atoms with Crippen molar-refractivity contribution >= 4 is 71.1 Å². The Balaban J connectivity index is 1.26. The first-order valence-electron chi connectivity index (χ1n) is 18.2. The van der Waals surface area contributed by atoms with Crippen LogP contribution in [0.4, 0.5) is 11.5 Å². The number of unbranched alkanes of at least 4 members (excludes halogenated alkanes) is 2. The number of nitrogens with zero attached hydrogens (tertiary/aromatic N) is 4. The monoisotopic (exact) mass is 872 g/mol. The van der Waals surface area contributed by atoms with E-state index < -0.39 is 42.9 Å². The second-order valence-corrected chi connectivity index (χ2v) is 18.8. The standard InChI is InChI=1S/C39H46BrN5O9S2/c1-38(2)30-24-27(40)26-43(20-11-23-55(49,50)51)37(30)42-32(38)12-7-5-8-13-33-39(3,4)29-25-28(56(52,53)54)15-16-31(29)44(33)21-10-6-9-14-34(46)41-19-22-45-35(47)17-18-36(45)48/h5,7-8,12-13,15-18,24-26H,6,9-11,14,19-23H2,1-4H3,(H2-,41,46,49,50,51,52,53,54)/p+1. The van der Waals surface area contributed by atoms with E-state index in [-0.39, 0.29) is 42.5 Å².